The fourth-order valence-electron chi connectivity index (χ4n) is 2.31. The van der Waals surface area contributed by atoms with Crippen molar-refractivity contribution in [1.29, 1.82) is 0 Å². The van der Waals surface area contributed by atoms with Crippen molar-refractivity contribution in [2.45, 2.75) is 0 Å². The highest BCUT2D eigenvalue weighted by molar-refractivity contribution is 6.04. The predicted octanol–water partition coefficient (Wildman–Crippen LogP) is 3.63. The van der Waals surface area contributed by atoms with Crippen molar-refractivity contribution in [2.75, 3.05) is 24.9 Å². The van der Waals surface area contributed by atoms with E-state index in [1.807, 2.05) is 0 Å². The van der Waals surface area contributed by atoms with Crippen LogP contribution in [0.1, 0.15) is 10.4 Å². The first-order chi connectivity index (χ1) is 13.1. The van der Waals surface area contributed by atoms with E-state index in [0.717, 1.165) is 0 Å². The van der Waals surface area contributed by atoms with Crippen LogP contribution in [0.15, 0.2) is 54.6 Å². The zero-order chi connectivity index (χ0) is 19.2. The van der Waals surface area contributed by atoms with E-state index in [2.05, 4.69) is 20.8 Å². The van der Waals surface area contributed by atoms with E-state index in [0.29, 0.717) is 34.4 Å². The number of nitrogens with one attached hydrogen (secondary N) is 2. The number of anilines is 3. The van der Waals surface area contributed by atoms with E-state index in [9.17, 15) is 9.18 Å². The Hall–Kier alpha value is -3.68. The van der Waals surface area contributed by atoms with Crippen LogP contribution in [0.3, 0.4) is 0 Å². The number of nitrogens with zero attached hydrogens (tertiary/aromatic N) is 2. The molecule has 0 bridgehead atoms. The first kappa shape index (κ1) is 18.1. The van der Waals surface area contributed by atoms with Crippen LogP contribution in [-0.2, 0) is 0 Å². The van der Waals surface area contributed by atoms with Crippen molar-refractivity contribution >= 4 is 23.2 Å². The molecule has 0 saturated heterocycles. The van der Waals surface area contributed by atoms with Gasteiger partial charge in [-0.3, -0.25) is 4.79 Å². The second kappa shape index (κ2) is 8.13. The summed E-state index contributed by atoms with van der Waals surface area (Å²) in [4.78, 5) is 12.4. The van der Waals surface area contributed by atoms with Gasteiger partial charge in [-0.2, -0.15) is 0 Å². The maximum Gasteiger partial charge on any atom is 0.257 e. The fourth-order valence-corrected chi connectivity index (χ4v) is 2.31. The molecule has 0 aliphatic rings. The number of hydrogen-bond donors (Lipinski definition) is 2. The number of methoxy groups -OCH3 is 2. The Morgan fingerprint density at radius 2 is 1.56 bits per heavy atom. The van der Waals surface area contributed by atoms with E-state index >= 15 is 0 Å². The molecule has 2 N–H and O–H groups in total. The molecule has 2 aromatic carbocycles. The number of carbonyl (C=O) groups is 1. The summed E-state index contributed by atoms with van der Waals surface area (Å²) < 4.78 is 23.3. The van der Waals surface area contributed by atoms with Gasteiger partial charge in [0.25, 0.3) is 5.91 Å². The van der Waals surface area contributed by atoms with E-state index in [1.165, 1.54) is 26.4 Å². The van der Waals surface area contributed by atoms with E-state index in [1.54, 1.807) is 42.5 Å². The van der Waals surface area contributed by atoms with Crippen LogP contribution < -0.4 is 20.1 Å². The summed E-state index contributed by atoms with van der Waals surface area (Å²) in [5, 5.41) is 13.6. The molecule has 138 valence electrons. The van der Waals surface area contributed by atoms with Crippen LogP contribution in [0.25, 0.3) is 0 Å². The number of halogens is 1. The van der Waals surface area contributed by atoms with Gasteiger partial charge >= 0.3 is 0 Å². The number of amides is 1. The molecule has 0 aliphatic carbocycles. The average molecular weight is 368 g/mol. The monoisotopic (exact) mass is 368 g/mol. The standard InChI is InChI=1S/C19H17FN4O3/c1-26-15-8-3-12(11-16(15)27-2)19(25)22-18-10-9-17(23-24-18)21-14-6-4-13(20)5-7-14/h3-11H,1-2H3,(H,21,23)(H,22,24,25). The third-order valence-electron chi connectivity index (χ3n) is 3.67. The summed E-state index contributed by atoms with van der Waals surface area (Å²) in [7, 11) is 3.02. The molecule has 3 aromatic rings. The summed E-state index contributed by atoms with van der Waals surface area (Å²) in [6, 6.07) is 14.0. The molecule has 0 spiro atoms. The zero-order valence-electron chi connectivity index (χ0n) is 14.7. The molecule has 8 heteroatoms. The Bertz CT molecular complexity index is 931. The average Bonchev–Trinajstić information content (AvgIpc) is 2.70. The third kappa shape index (κ3) is 4.49. The molecular formula is C19H17FN4O3. The van der Waals surface area contributed by atoms with Gasteiger partial charge in [0.15, 0.2) is 23.1 Å². The lowest BCUT2D eigenvalue weighted by molar-refractivity contribution is 0.102. The second-order valence-corrected chi connectivity index (χ2v) is 5.46. The number of hydrogen-bond acceptors (Lipinski definition) is 6. The number of aromatic nitrogens is 2. The topological polar surface area (TPSA) is 85.4 Å². The molecule has 1 heterocycles. The molecule has 27 heavy (non-hydrogen) atoms. The Balaban J connectivity index is 1.67. The molecule has 1 aromatic heterocycles. The molecule has 0 saturated carbocycles. The molecule has 0 fully saturated rings. The Kier molecular flexibility index (Phi) is 5.46. The maximum atomic E-state index is 12.9. The molecule has 7 nitrogen and oxygen atoms in total. The Morgan fingerprint density at radius 1 is 0.889 bits per heavy atom. The number of benzene rings is 2. The lowest BCUT2D eigenvalue weighted by atomic mass is 10.2. The minimum Gasteiger partial charge on any atom is -0.493 e. The van der Waals surface area contributed by atoms with Gasteiger partial charge in [0.1, 0.15) is 5.82 Å². The molecule has 0 aliphatic heterocycles. The van der Waals surface area contributed by atoms with Crippen molar-refractivity contribution in [3.05, 3.63) is 66.0 Å². The van der Waals surface area contributed by atoms with E-state index in [4.69, 9.17) is 9.47 Å². The van der Waals surface area contributed by atoms with Crippen LogP contribution in [0, 0.1) is 5.82 Å². The minimum atomic E-state index is -0.357. The van der Waals surface area contributed by atoms with Gasteiger partial charge in [-0.1, -0.05) is 0 Å². The first-order valence-electron chi connectivity index (χ1n) is 7.99. The third-order valence-corrected chi connectivity index (χ3v) is 3.67. The number of rotatable bonds is 6. The molecular weight excluding hydrogens is 351 g/mol. The van der Waals surface area contributed by atoms with Crippen LogP contribution in [0.5, 0.6) is 11.5 Å². The van der Waals surface area contributed by atoms with Crippen LogP contribution in [-0.4, -0.2) is 30.3 Å². The molecule has 3 rings (SSSR count). The van der Waals surface area contributed by atoms with Gasteiger partial charge in [0, 0.05) is 11.3 Å². The summed E-state index contributed by atoms with van der Waals surface area (Å²) >= 11 is 0. The summed E-state index contributed by atoms with van der Waals surface area (Å²) in [6.07, 6.45) is 0. The number of ether oxygens (including phenoxy) is 2. The fraction of sp³-hybridized carbons (Fsp3) is 0.105. The largest absolute Gasteiger partial charge is 0.493 e. The Morgan fingerprint density at radius 3 is 2.19 bits per heavy atom. The highest BCUT2D eigenvalue weighted by atomic mass is 19.1. The highest BCUT2D eigenvalue weighted by Gasteiger charge is 2.12. The van der Waals surface area contributed by atoms with Crippen LogP contribution in [0.2, 0.25) is 0 Å². The molecule has 0 unspecified atom stereocenters. The maximum absolute atomic E-state index is 12.9. The van der Waals surface area contributed by atoms with E-state index in [-0.39, 0.29) is 11.7 Å². The summed E-state index contributed by atoms with van der Waals surface area (Å²) in [5.41, 5.74) is 1.07. The van der Waals surface area contributed by atoms with Gasteiger partial charge in [-0.15, -0.1) is 10.2 Å². The van der Waals surface area contributed by atoms with Crippen molar-refractivity contribution in [1.82, 2.24) is 10.2 Å². The predicted molar refractivity (Wildman–Crippen MR) is 99.2 cm³/mol. The van der Waals surface area contributed by atoms with E-state index < -0.39 is 0 Å². The SMILES string of the molecule is COc1ccc(C(=O)Nc2ccc(Nc3ccc(F)cc3)nn2)cc1OC. The lowest BCUT2D eigenvalue weighted by Gasteiger charge is -2.10. The van der Waals surface area contributed by atoms with Crippen molar-refractivity contribution in [3.8, 4) is 11.5 Å². The quantitative estimate of drug-likeness (QED) is 0.691. The first-order valence-corrected chi connectivity index (χ1v) is 7.99. The van der Waals surface area contributed by atoms with Crippen molar-refractivity contribution in [2.24, 2.45) is 0 Å². The normalized spacial score (nSPS) is 10.2. The molecule has 0 radical (unpaired) electrons. The smallest absolute Gasteiger partial charge is 0.257 e. The zero-order valence-corrected chi connectivity index (χ0v) is 14.7. The van der Waals surface area contributed by atoms with Crippen LogP contribution in [0.4, 0.5) is 21.7 Å². The van der Waals surface area contributed by atoms with Crippen LogP contribution >= 0.6 is 0 Å². The highest BCUT2D eigenvalue weighted by Crippen LogP contribution is 2.27. The van der Waals surface area contributed by atoms with Gasteiger partial charge in [-0.05, 0) is 54.6 Å². The summed E-state index contributed by atoms with van der Waals surface area (Å²) in [5.74, 6) is 1.06. The lowest BCUT2D eigenvalue weighted by Crippen LogP contribution is -2.13. The Labute approximate surface area is 155 Å². The van der Waals surface area contributed by atoms with Gasteiger partial charge in [-0.25, -0.2) is 4.39 Å². The second-order valence-electron chi connectivity index (χ2n) is 5.46. The van der Waals surface area contributed by atoms with Gasteiger partial charge in [0.05, 0.1) is 14.2 Å². The molecule has 0 atom stereocenters. The van der Waals surface area contributed by atoms with Gasteiger partial charge in [0.2, 0.25) is 0 Å². The summed E-state index contributed by atoms with van der Waals surface area (Å²) in [6.45, 7) is 0. The molecule has 1 amide bonds. The number of carbonyl (C=O) groups excluding carboxylic acids is 1. The minimum absolute atomic E-state index is 0.291. The van der Waals surface area contributed by atoms with Gasteiger partial charge < -0.3 is 20.1 Å². The van der Waals surface area contributed by atoms with Crippen molar-refractivity contribution in [3.63, 3.8) is 0 Å². The van der Waals surface area contributed by atoms with Crippen molar-refractivity contribution < 1.29 is 18.7 Å².